The van der Waals surface area contributed by atoms with Crippen molar-refractivity contribution in [3.8, 4) is 11.3 Å². The monoisotopic (exact) mass is 1140 g/mol. The smallest absolute Gasteiger partial charge is 0.303 e. The number of rotatable bonds is 45. The highest BCUT2D eigenvalue weighted by atomic mass is 32.2. The van der Waals surface area contributed by atoms with Crippen LogP contribution in [0.1, 0.15) is 77.2 Å². The summed E-state index contributed by atoms with van der Waals surface area (Å²) in [5, 5.41) is 10.1. The molecule has 20 nitrogen and oxygen atoms in total. The van der Waals surface area contributed by atoms with Crippen molar-refractivity contribution >= 4 is 27.9 Å². The number of allylic oxidation sites excluding steroid dienone is 3. The van der Waals surface area contributed by atoms with Crippen molar-refractivity contribution in [1.29, 1.82) is 0 Å². The molecule has 0 radical (unpaired) electrons. The number of ether oxygens (including phenoxy) is 12. The normalized spacial score (nSPS) is 14.1. The summed E-state index contributed by atoms with van der Waals surface area (Å²) in [7, 11) is -1.16. The first-order valence-corrected chi connectivity index (χ1v) is 28.9. The lowest BCUT2D eigenvalue weighted by Gasteiger charge is -2.27. The Morgan fingerprint density at radius 3 is 1.54 bits per heavy atom. The number of aliphatic carboxylic acids is 1. The summed E-state index contributed by atoms with van der Waals surface area (Å²) in [6.45, 7) is 22.8. The quantitative estimate of drug-likeness (QED) is 0.0350. The molecule has 1 aromatic carbocycles. The van der Waals surface area contributed by atoms with E-state index in [0.717, 1.165) is 39.9 Å². The predicted molar refractivity (Wildman–Crippen MR) is 301 cm³/mol. The van der Waals surface area contributed by atoms with Crippen LogP contribution in [0.25, 0.3) is 17.4 Å². The van der Waals surface area contributed by atoms with Gasteiger partial charge in [-0.2, -0.15) is 8.42 Å². The number of anilines is 1. The zero-order chi connectivity index (χ0) is 57.2. The van der Waals surface area contributed by atoms with E-state index in [1.165, 1.54) is 12.1 Å². The minimum absolute atomic E-state index is 0.0962. The Morgan fingerprint density at radius 1 is 0.633 bits per heavy atom. The number of carboxylic acids is 1. The molecular weight excluding hydrogens is 1040 g/mol. The SMILES string of the molecule is COCCOCCOCCOCCOCCOCC[N+](CCOCCOCCOCCOCCOCCOC)=c1ccc2c(C(C)(C)C)cc(C=CC=C3N(CCCCCC(=O)O)c4ccc(S(=O)(=O)O)cc4C3(C)C)oc-2c1. The minimum Gasteiger partial charge on any atom is -0.481 e. The maximum atomic E-state index is 12.2. The minimum atomic E-state index is -4.44. The topological polar surface area (TPSA) is 222 Å². The number of benzene rings is 2. The van der Waals surface area contributed by atoms with Crippen molar-refractivity contribution in [2.24, 2.45) is 0 Å². The number of nitrogens with zero attached hydrogens (tertiary/aromatic N) is 2. The lowest BCUT2D eigenvalue weighted by Crippen LogP contribution is -2.36. The van der Waals surface area contributed by atoms with Crippen LogP contribution in [0.3, 0.4) is 0 Å². The van der Waals surface area contributed by atoms with Gasteiger partial charge in [-0.05, 0) is 71.9 Å². The largest absolute Gasteiger partial charge is 0.481 e. The van der Waals surface area contributed by atoms with Crippen molar-refractivity contribution in [3.05, 3.63) is 82.6 Å². The average Bonchev–Trinajstić information content (AvgIpc) is 3.91. The molecule has 21 heteroatoms. The maximum Gasteiger partial charge on any atom is 0.303 e. The number of carbonyl (C=O) groups is 1. The van der Waals surface area contributed by atoms with Gasteiger partial charge in [-0.1, -0.05) is 47.1 Å². The fourth-order valence-corrected chi connectivity index (χ4v) is 9.08. The second-order valence-corrected chi connectivity index (χ2v) is 21.6. The van der Waals surface area contributed by atoms with Gasteiger partial charge in [-0.15, -0.1) is 0 Å². The first-order chi connectivity index (χ1) is 38.1. The second-order valence-electron chi connectivity index (χ2n) is 20.1. The molecule has 0 unspecified atom stereocenters. The first-order valence-electron chi connectivity index (χ1n) is 27.5. The van der Waals surface area contributed by atoms with Crippen LogP contribution in [0.15, 0.2) is 69.6 Å². The van der Waals surface area contributed by atoms with E-state index >= 15 is 0 Å². The summed E-state index contributed by atoms with van der Waals surface area (Å²) >= 11 is 0. The lowest BCUT2D eigenvalue weighted by atomic mass is 9.82. The summed E-state index contributed by atoms with van der Waals surface area (Å²) in [5.74, 6) is 0.525. The molecular formula is C58H91N2O18S+. The molecule has 0 saturated carbocycles. The summed E-state index contributed by atoms with van der Waals surface area (Å²) in [6, 6.07) is 13.0. The van der Waals surface area contributed by atoms with Crippen molar-refractivity contribution < 1.29 is 84.1 Å². The number of carboxylic acid groups (broad SMARTS) is 1. The highest BCUT2D eigenvalue weighted by molar-refractivity contribution is 7.85. The van der Waals surface area contributed by atoms with Crippen molar-refractivity contribution in [2.75, 3.05) is 184 Å². The molecule has 0 bridgehead atoms. The molecule has 0 saturated heterocycles. The van der Waals surface area contributed by atoms with Gasteiger partial charge in [0.25, 0.3) is 10.1 Å². The molecule has 1 aliphatic carbocycles. The number of hydrogen-bond donors (Lipinski definition) is 2. The van der Waals surface area contributed by atoms with Gasteiger partial charge in [0, 0.05) is 55.6 Å². The van der Waals surface area contributed by atoms with Crippen molar-refractivity contribution in [1.82, 2.24) is 4.58 Å². The Kier molecular flexibility index (Phi) is 32.2. The third-order valence-electron chi connectivity index (χ3n) is 12.7. The fraction of sp³-hybridized carbons (Fsp3) is 0.655. The van der Waals surface area contributed by atoms with Gasteiger partial charge in [0.1, 0.15) is 24.7 Å². The van der Waals surface area contributed by atoms with Crippen LogP contribution < -0.4 is 14.8 Å². The van der Waals surface area contributed by atoms with Crippen LogP contribution in [-0.2, 0) is 82.6 Å². The van der Waals surface area contributed by atoms with Gasteiger partial charge in [0.2, 0.25) is 5.36 Å². The van der Waals surface area contributed by atoms with Crippen LogP contribution in [-0.4, -0.2) is 203 Å². The highest BCUT2D eigenvalue weighted by Crippen LogP contribution is 2.48. The second kappa shape index (κ2) is 37.8. The predicted octanol–water partition coefficient (Wildman–Crippen LogP) is 6.50. The van der Waals surface area contributed by atoms with Gasteiger partial charge in [-0.25, -0.2) is 4.58 Å². The molecule has 0 aromatic heterocycles. The Balaban J connectivity index is 1.45. The molecule has 2 heterocycles. The molecule has 79 heavy (non-hydrogen) atoms. The summed E-state index contributed by atoms with van der Waals surface area (Å²) in [6.07, 6.45) is 7.98. The van der Waals surface area contributed by atoms with E-state index < -0.39 is 21.5 Å². The molecule has 4 rings (SSSR count). The zero-order valence-electron chi connectivity index (χ0n) is 48.0. The van der Waals surface area contributed by atoms with Crippen molar-refractivity contribution in [3.63, 3.8) is 0 Å². The fourth-order valence-electron chi connectivity index (χ4n) is 8.57. The first kappa shape index (κ1) is 67.3. The van der Waals surface area contributed by atoms with Crippen LogP contribution >= 0.6 is 0 Å². The number of hydrogen-bond acceptors (Lipinski definition) is 17. The third kappa shape index (κ3) is 25.7. The van der Waals surface area contributed by atoms with E-state index in [-0.39, 0.29) is 16.7 Å². The molecule has 0 atom stereocenters. The van der Waals surface area contributed by atoms with E-state index in [4.69, 9.17) is 61.3 Å². The molecule has 3 aliphatic rings. The van der Waals surface area contributed by atoms with E-state index in [1.807, 2.05) is 32.1 Å². The maximum absolute atomic E-state index is 12.2. The van der Waals surface area contributed by atoms with E-state index in [1.54, 1.807) is 20.3 Å². The van der Waals surface area contributed by atoms with Gasteiger partial charge in [0.15, 0.2) is 13.1 Å². The van der Waals surface area contributed by atoms with Crippen LogP contribution in [0, 0.1) is 0 Å². The van der Waals surface area contributed by atoms with Crippen LogP contribution in [0.5, 0.6) is 0 Å². The van der Waals surface area contributed by atoms with Crippen LogP contribution in [0.2, 0.25) is 0 Å². The third-order valence-corrected chi connectivity index (χ3v) is 13.6. The molecule has 2 N–H and O–H groups in total. The van der Waals surface area contributed by atoms with E-state index in [9.17, 15) is 22.9 Å². The van der Waals surface area contributed by atoms with E-state index in [0.29, 0.717) is 189 Å². The Morgan fingerprint density at radius 2 is 1.10 bits per heavy atom. The Hall–Kier alpha value is -4.17. The Bertz CT molecular complexity index is 2360. The van der Waals surface area contributed by atoms with E-state index in [2.05, 4.69) is 54.5 Å². The van der Waals surface area contributed by atoms with Gasteiger partial charge < -0.3 is 71.3 Å². The summed E-state index contributed by atoms with van der Waals surface area (Å²) < 4.78 is 110. The molecule has 2 aliphatic heterocycles. The molecule has 446 valence electrons. The number of methoxy groups -OCH3 is 2. The van der Waals surface area contributed by atoms with Gasteiger partial charge >= 0.3 is 5.97 Å². The zero-order valence-corrected chi connectivity index (χ0v) is 48.8. The molecule has 1 aromatic rings. The van der Waals surface area contributed by atoms with Gasteiger partial charge in [-0.3, -0.25) is 9.35 Å². The highest BCUT2D eigenvalue weighted by Gasteiger charge is 2.40. The molecule has 0 spiro atoms. The lowest BCUT2D eigenvalue weighted by molar-refractivity contribution is -0.137. The molecule has 0 fully saturated rings. The average molecular weight is 1140 g/mol. The summed E-state index contributed by atoms with van der Waals surface area (Å²) in [4.78, 5) is 13.2. The summed E-state index contributed by atoms with van der Waals surface area (Å²) in [5.41, 5.74) is 3.75. The van der Waals surface area contributed by atoms with Gasteiger partial charge in [0.05, 0.1) is 143 Å². The number of unbranched alkanes of at least 4 members (excludes halogenated alkanes) is 2. The van der Waals surface area contributed by atoms with Crippen molar-refractivity contribution in [2.45, 2.75) is 76.0 Å². The standard InChI is InChI=1S/C58H90N2O18S/c1-57(2,3)51-45-48(12-11-13-55-58(4,5)52-46-49(79(63,64)65)16-18-53(52)60(55)19-10-8-9-14-56(61)62)78-54-44-47(15-17-50(51)54)59(20-22-68-28-30-72-36-38-76-42-40-74-34-32-70-26-24-66-6)21-23-69-29-31-73-37-39-77-43-41-75-35-33-71-27-25-67-7/h11-13,15-18,44-46H,8-10,14,19-43H2,1-7H3,(H-,61,62,63,64,65)/p+1. The van der Waals surface area contributed by atoms with Crippen LogP contribution in [0.4, 0.5) is 5.69 Å². The molecule has 0 amide bonds. The number of fused-ring (bicyclic) bond motifs is 2. The Labute approximate surface area is 468 Å².